The van der Waals surface area contributed by atoms with Crippen LogP contribution in [-0.2, 0) is 13.1 Å². The maximum Gasteiger partial charge on any atom is 0.335 e. The summed E-state index contributed by atoms with van der Waals surface area (Å²) in [5.74, 6) is -0.517. The van der Waals surface area contributed by atoms with E-state index in [4.69, 9.17) is 17.3 Å². The van der Waals surface area contributed by atoms with Gasteiger partial charge in [-0.3, -0.25) is 14.5 Å². The van der Waals surface area contributed by atoms with Crippen LogP contribution in [0.2, 0.25) is 5.02 Å². The van der Waals surface area contributed by atoms with E-state index in [-0.39, 0.29) is 18.9 Å². The molecule has 0 saturated heterocycles. The molecule has 0 bridgehead atoms. The first-order chi connectivity index (χ1) is 15.4. The second-order valence-electron chi connectivity index (χ2n) is 7.23. The Labute approximate surface area is 184 Å². The van der Waals surface area contributed by atoms with Gasteiger partial charge in [0.2, 0.25) is 0 Å². The van der Waals surface area contributed by atoms with E-state index in [0.717, 1.165) is 0 Å². The molecular weight excluding hydrogens is 442 g/mol. The zero-order valence-corrected chi connectivity index (χ0v) is 17.1. The molecule has 32 heavy (non-hydrogen) atoms. The SMILES string of the molecule is NCc1n[nH]c(=O)c2ccc(-c3cnn(C(F)F)c3N3Cc4c(Cl)cccc4C3=O)cc12. The van der Waals surface area contributed by atoms with E-state index in [1.165, 1.54) is 11.1 Å². The summed E-state index contributed by atoms with van der Waals surface area (Å²) < 4.78 is 28.2. The summed E-state index contributed by atoms with van der Waals surface area (Å²) in [6.07, 6.45) is 1.27. The Bertz CT molecular complexity index is 1450. The Morgan fingerprint density at radius 1 is 1.16 bits per heavy atom. The van der Waals surface area contributed by atoms with Gasteiger partial charge in [0.05, 0.1) is 23.8 Å². The fraction of sp³-hybridized carbons (Fsp3) is 0.143. The molecule has 11 heteroatoms. The van der Waals surface area contributed by atoms with Gasteiger partial charge in [-0.2, -0.15) is 23.7 Å². The third-order valence-electron chi connectivity index (χ3n) is 5.49. The summed E-state index contributed by atoms with van der Waals surface area (Å²) in [4.78, 5) is 26.4. The minimum absolute atomic E-state index is 0.0299. The molecule has 2 aromatic carbocycles. The zero-order chi connectivity index (χ0) is 22.6. The van der Waals surface area contributed by atoms with Crippen molar-refractivity contribution in [2.24, 2.45) is 5.73 Å². The first kappa shape index (κ1) is 20.3. The van der Waals surface area contributed by atoms with Gasteiger partial charge >= 0.3 is 6.55 Å². The van der Waals surface area contributed by atoms with E-state index < -0.39 is 18.0 Å². The van der Waals surface area contributed by atoms with Crippen molar-refractivity contribution in [2.75, 3.05) is 4.90 Å². The van der Waals surface area contributed by atoms with Gasteiger partial charge in [0.15, 0.2) is 0 Å². The molecule has 0 spiro atoms. The number of fused-ring (bicyclic) bond motifs is 2. The lowest BCUT2D eigenvalue weighted by molar-refractivity contribution is 0.0578. The summed E-state index contributed by atoms with van der Waals surface area (Å²) in [6.45, 7) is -2.88. The normalized spacial score (nSPS) is 13.4. The van der Waals surface area contributed by atoms with Gasteiger partial charge in [-0.15, -0.1) is 0 Å². The number of nitrogens with two attached hydrogens (primary N) is 1. The minimum atomic E-state index is -2.98. The van der Waals surface area contributed by atoms with Crippen molar-refractivity contribution in [3.63, 3.8) is 0 Å². The number of hydrogen-bond acceptors (Lipinski definition) is 5. The van der Waals surface area contributed by atoms with E-state index in [2.05, 4.69) is 15.3 Å². The quantitative estimate of drug-likeness (QED) is 0.488. The van der Waals surface area contributed by atoms with E-state index >= 15 is 0 Å². The van der Waals surface area contributed by atoms with Crippen LogP contribution in [0.1, 0.15) is 28.2 Å². The lowest BCUT2D eigenvalue weighted by Gasteiger charge is -2.19. The smallest absolute Gasteiger partial charge is 0.325 e. The average molecular weight is 457 g/mol. The highest BCUT2D eigenvalue weighted by Gasteiger charge is 2.35. The number of nitrogens with one attached hydrogen (secondary N) is 1. The van der Waals surface area contributed by atoms with Gasteiger partial charge in [-0.05, 0) is 29.8 Å². The number of carbonyl (C=O) groups is 1. The third-order valence-corrected chi connectivity index (χ3v) is 5.85. The van der Waals surface area contributed by atoms with Crippen LogP contribution in [0.25, 0.3) is 21.9 Å². The van der Waals surface area contributed by atoms with Crippen LogP contribution in [0, 0.1) is 0 Å². The topological polar surface area (TPSA) is 110 Å². The number of benzene rings is 2. The zero-order valence-electron chi connectivity index (χ0n) is 16.3. The molecule has 0 radical (unpaired) electrons. The van der Waals surface area contributed by atoms with Crippen molar-refractivity contribution in [3.05, 3.63) is 74.8 Å². The average Bonchev–Trinajstić information content (AvgIpc) is 3.36. The third kappa shape index (κ3) is 2.99. The molecule has 162 valence electrons. The standard InChI is InChI=1S/C21H15ClF2N6O2/c22-16-3-1-2-12-15(16)9-29(20(12)32)19-14(8-26-30(19)21(23)24)10-4-5-11-13(6-10)17(7-25)27-28-18(11)31/h1-6,8,21H,7,9,25H2,(H,28,31). The van der Waals surface area contributed by atoms with E-state index in [1.807, 2.05) is 0 Å². The molecule has 3 N–H and O–H groups in total. The fourth-order valence-electron chi connectivity index (χ4n) is 3.98. The Balaban J connectivity index is 1.71. The number of rotatable bonds is 4. The Hall–Kier alpha value is -3.63. The number of aromatic nitrogens is 4. The fourth-order valence-corrected chi connectivity index (χ4v) is 4.21. The molecule has 0 unspecified atom stereocenters. The first-order valence-corrected chi connectivity index (χ1v) is 9.95. The molecular formula is C21H15ClF2N6O2. The summed E-state index contributed by atoms with van der Waals surface area (Å²) in [5, 5.41) is 11.4. The molecule has 0 aliphatic carbocycles. The molecule has 0 saturated carbocycles. The van der Waals surface area contributed by atoms with Gasteiger partial charge in [0, 0.05) is 33.6 Å². The highest BCUT2D eigenvalue weighted by molar-refractivity contribution is 6.32. The van der Waals surface area contributed by atoms with E-state index in [9.17, 15) is 18.4 Å². The lowest BCUT2D eigenvalue weighted by atomic mass is 10.0. The summed E-state index contributed by atoms with van der Waals surface area (Å²) in [6, 6.07) is 9.69. The molecule has 2 aromatic heterocycles. The highest BCUT2D eigenvalue weighted by Crippen LogP contribution is 2.40. The van der Waals surface area contributed by atoms with E-state index in [1.54, 1.807) is 36.4 Å². The van der Waals surface area contributed by atoms with Crippen LogP contribution < -0.4 is 16.2 Å². The molecule has 1 aliphatic rings. The minimum Gasteiger partial charge on any atom is -0.325 e. The number of nitrogens with zero attached hydrogens (tertiary/aromatic N) is 4. The number of hydrogen-bond donors (Lipinski definition) is 2. The van der Waals surface area contributed by atoms with Crippen molar-refractivity contribution < 1.29 is 13.6 Å². The number of alkyl halides is 2. The van der Waals surface area contributed by atoms with E-state index in [0.29, 0.717) is 48.4 Å². The van der Waals surface area contributed by atoms with Gasteiger partial charge < -0.3 is 5.73 Å². The Morgan fingerprint density at radius 2 is 1.97 bits per heavy atom. The maximum atomic E-state index is 13.8. The molecule has 1 aliphatic heterocycles. The number of halogens is 3. The number of amides is 1. The van der Waals surface area contributed by atoms with Crippen LogP contribution >= 0.6 is 11.6 Å². The van der Waals surface area contributed by atoms with Crippen molar-refractivity contribution in [1.29, 1.82) is 0 Å². The predicted molar refractivity (Wildman–Crippen MR) is 115 cm³/mol. The second kappa shape index (κ2) is 7.50. The summed E-state index contributed by atoms with van der Waals surface area (Å²) >= 11 is 6.23. The molecule has 1 amide bonds. The maximum absolute atomic E-state index is 13.8. The van der Waals surface area contributed by atoms with Crippen LogP contribution in [-0.4, -0.2) is 25.9 Å². The number of aromatic amines is 1. The second-order valence-corrected chi connectivity index (χ2v) is 7.63. The Kier molecular flexibility index (Phi) is 4.75. The molecule has 0 fully saturated rings. The van der Waals surface area contributed by atoms with Gasteiger partial charge in [-0.25, -0.2) is 5.10 Å². The number of H-pyrrole nitrogens is 1. The van der Waals surface area contributed by atoms with Crippen molar-refractivity contribution in [3.8, 4) is 11.1 Å². The van der Waals surface area contributed by atoms with Gasteiger partial charge in [0.25, 0.3) is 11.5 Å². The first-order valence-electron chi connectivity index (χ1n) is 9.57. The summed E-state index contributed by atoms with van der Waals surface area (Å²) in [7, 11) is 0. The van der Waals surface area contributed by atoms with Gasteiger partial charge in [0.1, 0.15) is 5.82 Å². The molecule has 8 nitrogen and oxygen atoms in total. The van der Waals surface area contributed by atoms with Crippen LogP contribution in [0.4, 0.5) is 14.6 Å². The van der Waals surface area contributed by atoms with Crippen molar-refractivity contribution in [1.82, 2.24) is 20.0 Å². The molecule has 4 aromatic rings. The highest BCUT2D eigenvalue weighted by atomic mass is 35.5. The molecule has 5 rings (SSSR count). The largest absolute Gasteiger partial charge is 0.335 e. The number of anilines is 1. The molecule has 3 heterocycles. The van der Waals surface area contributed by atoms with Crippen molar-refractivity contribution >= 4 is 34.1 Å². The van der Waals surface area contributed by atoms with Gasteiger partial charge in [-0.1, -0.05) is 23.7 Å². The predicted octanol–water partition coefficient (Wildman–Crippen LogP) is 3.45. The lowest BCUT2D eigenvalue weighted by Crippen LogP contribution is -2.27. The van der Waals surface area contributed by atoms with Crippen molar-refractivity contribution in [2.45, 2.75) is 19.6 Å². The van der Waals surface area contributed by atoms with Crippen LogP contribution in [0.5, 0.6) is 0 Å². The van der Waals surface area contributed by atoms with Crippen LogP contribution in [0.3, 0.4) is 0 Å². The molecule has 0 atom stereocenters. The monoisotopic (exact) mass is 456 g/mol. The number of carbonyl (C=O) groups excluding carboxylic acids is 1. The summed E-state index contributed by atoms with van der Waals surface area (Å²) in [5.41, 5.74) is 7.49. The van der Waals surface area contributed by atoms with Crippen LogP contribution in [0.15, 0.2) is 47.4 Å². The Morgan fingerprint density at radius 3 is 2.69 bits per heavy atom.